The molecule has 2 nitrogen and oxygen atoms in total. The molecule has 0 bridgehead atoms. The first-order valence-corrected chi connectivity index (χ1v) is 9.52. The summed E-state index contributed by atoms with van der Waals surface area (Å²) >= 11 is 2.11. The first-order chi connectivity index (χ1) is 10.3. The summed E-state index contributed by atoms with van der Waals surface area (Å²) in [6.07, 6.45) is 5.78. The molecule has 0 radical (unpaired) electrons. The number of rotatable bonds is 9. The van der Waals surface area contributed by atoms with E-state index in [1.54, 1.807) is 0 Å². The van der Waals surface area contributed by atoms with Gasteiger partial charge in [-0.2, -0.15) is 11.8 Å². The third-order valence-electron chi connectivity index (χ3n) is 4.16. The Kier molecular flexibility index (Phi) is 7.45. The predicted octanol–water partition coefficient (Wildman–Crippen LogP) is 4.66. The molecule has 1 atom stereocenters. The van der Waals surface area contributed by atoms with Crippen LogP contribution in [-0.2, 0) is 0 Å². The molecule has 0 aliphatic heterocycles. The topological polar surface area (TPSA) is 21.3 Å². The van der Waals surface area contributed by atoms with E-state index in [4.69, 9.17) is 4.74 Å². The molecule has 1 aliphatic carbocycles. The third kappa shape index (κ3) is 5.55. The van der Waals surface area contributed by atoms with E-state index in [0.29, 0.717) is 6.04 Å². The Hall–Kier alpha value is -0.670. The van der Waals surface area contributed by atoms with Crippen LogP contribution in [0.5, 0.6) is 5.75 Å². The van der Waals surface area contributed by atoms with Crippen molar-refractivity contribution in [2.45, 2.75) is 45.6 Å². The Balaban J connectivity index is 1.84. The number of benzene rings is 1. The zero-order valence-electron chi connectivity index (χ0n) is 13.4. The van der Waals surface area contributed by atoms with Gasteiger partial charge in [-0.3, -0.25) is 0 Å². The standard InChI is InChI=1S/C18H29NOS/c1-3-19-18(14-21-13-15-7-5-6-8-15)16-9-11-17(12-10-16)20-4-2/h9-12,15,18-19H,3-8,13-14H2,1-2H3. The molecule has 3 heteroatoms. The molecule has 118 valence electrons. The van der Waals surface area contributed by atoms with E-state index in [9.17, 15) is 0 Å². The first-order valence-electron chi connectivity index (χ1n) is 8.37. The second-order valence-corrected chi connectivity index (χ2v) is 6.88. The van der Waals surface area contributed by atoms with Gasteiger partial charge in [0.25, 0.3) is 0 Å². The summed E-state index contributed by atoms with van der Waals surface area (Å²) in [5.41, 5.74) is 1.37. The highest BCUT2D eigenvalue weighted by Crippen LogP contribution is 2.29. The zero-order valence-corrected chi connectivity index (χ0v) is 14.3. The molecule has 0 heterocycles. The van der Waals surface area contributed by atoms with Crippen LogP contribution in [0, 0.1) is 5.92 Å². The molecule has 1 aromatic rings. The molecular weight excluding hydrogens is 278 g/mol. The van der Waals surface area contributed by atoms with Gasteiger partial charge in [-0.15, -0.1) is 0 Å². The van der Waals surface area contributed by atoms with Crippen LogP contribution in [0.25, 0.3) is 0 Å². The molecule has 1 fully saturated rings. The van der Waals surface area contributed by atoms with Crippen molar-refractivity contribution >= 4 is 11.8 Å². The largest absolute Gasteiger partial charge is 0.494 e. The molecule has 0 amide bonds. The smallest absolute Gasteiger partial charge is 0.119 e. The van der Waals surface area contributed by atoms with Gasteiger partial charge in [0, 0.05) is 11.8 Å². The fourth-order valence-corrected chi connectivity index (χ4v) is 4.36. The van der Waals surface area contributed by atoms with E-state index in [-0.39, 0.29) is 0 Å². The summed E-state index contributed by atoms with van der Waals surface area (Å²) in [6, 6.07) is 9.04. The van der Waals surface area contributed by atoms with Crippen LogP contribution in [-0.4, -0.2) is 24.7 Å². The summed E-state index contributed by atoms with van der Waals surface area (Å²) in [4.78, 5) is 0. The van der Waals surface area contributed by atoms with Crippen molar-refractivity contribution in [3.8, 4) is 5.75 Å². The van der Waals surface area contributed by atoms with Crippen molar-refractivity contribution in [3.05, 3.63) is 29.8 Å². The SMILES string of the molecule is CCNC(CSCC1CCCC1)c1ccc(OCC)cc1. The van der Waals surface area contributed by atoms with E-state index in [0.717, 1.165) is 24.8 Å². The van der Waals surface area contributed by atoms with Gasteiger partial charge >= 0.3 is 0 Å². The highest BCUT2D eigenvalue weighted by atomic mass is 32.2. The molecule has 0 aromatic heterocycles. The van der Waals surface area contributed by atoms with Gasteiger partial charge in [-0.25, -0.2) is 0 Å². The van der Waals surface area contributed by atoms with Crippen molar-refractivity contribution in [1.82, 2.24) is 5.32 Å². The average Bonchev–Trinajstić information content (AvgIpc) is 3.01. The lowest BCUT2D eigenvalue weighted by Gasteiger charge is -2.19. The second kappa shape index (κ2) is 9.37. The summed E-state index contributed by atoms with van der Waals surface area (Å²) in [7, 11) is 0. The maximum atomic E-state index is 5.52. The highest BCUT2D eigenvalue weighted by molar-refractivity contribution is 7.99. The van der Waals surface area contributed by atoms with Crippen molar-refractivity contribution in [2.75, 3.05) is 24.7 Å². The quantitative estimate of drug-likeness (QED) is 0.717. The summed E-state index contributed by atoms with van der Waals surface area (Å²) < 4.78 is 5.52. The fourth-order valence-electron chi connectivity index (χ4n) is 3.01. The second-order valence-electron chi connectivity index (χ2n) is 5.80. The van der Waals surface area contributed by atoms with E-state index >= 15 is 0 Å². The number of nitrogens with one attached hydrogen (secondary N) is 1. The van der Waals surface area contributed by atoms with Gasteiger partial charge in [0.1, 0.15) is 5.75 Å². The minimum atomic E-state index is 0.456. The van der Waals surface area contributed by atoms with Crippen LogP contribution in [0.2, 0.25) is 0 Å². The molecule has 0 spiro atoms. The first kappa shape index (κ1) is 16.7. The number of hydrogen-bond acceptors (Lipinski definition) is 3. The summed E-state index contributed by atoms with van der Waals surface area (Å²) in [6.45, 7) is 5.95. The lowest BCUT2D eigenvalue weighted by molar-refractivity contribution is 0.340. The van der Waals surface area contributed by atoms with Gasteiger partial charge < -0.3 is 10.1 Å². The van der Waals surface area contributed by atoms with Crippen LogP contribution in [0.1, 0.15) is 51.1 Å². The lowest BCUT2D eigenvalue weighted by atomic mass is 10.1. The molecule has 1 saturated carbocycles. The van der Waals surface area contributed by atoms with Crippen molar-refractivity contribution in [3.63, 3.8) is 0 Å². The Bertz CT molecular complexity index is 387. The van der Waals surface area contributed by atoms with Gasteiger partial charge in [-0.05, 0) is 55.7 Å². The Morgan fingerprint density at radius 2 is 1.90 bits per heavy atom. The normalized spacial score (nSPS) is 17.0. The van der Waals surface area contributed by atoms with E-state index in [1.807, 2.05) is 6.92 Å². The molecule has 1 aliphatic rings. The number of ether oxygens (including phenoxy) is 1. The van der Waals surface area contributed by atoms with E-state index in [1.165, 1.54) is 42.8 Å². The Morgan fingerprint density at radius 3 is 2.52 bits per heavy atom. The molecule has 1 aromatic carbocycles. The molecule has 21 heavy (non-hydrogen) atoms. The zero-order chi connectivity index (χ0) is 14.9. The van der Waals surface area contributed by atoms with Gasteiger partial charge in [0.05, 0.1) is 6.61 Å². The van der Waals surface area contributed by atoms with Crippen LogP contribution >= 0.6 is 11.8 Å². The van der Waals surface area contributed by atoms with Gasteiger partial charge in [-0.1, -0.05) is 31.9 Å². The monoisotopic (exact) mass is 307 g/mol. The molecule has 0 saturated heterocycles. The van der Waals surface area contributed by atoms with Crippen molar-refractivity contribution in [2.24, 2.45) is 5.92 Å². The van der Waals surface area contributed by atoms with Crippen LogP contribution < -0.4 is 10.1 Å². The number of thioether (sulfide) groups is 1. The van der Waals surface area contributed by atoms with Gasteiger partial charge in [0.15, 0.2) is 0 Å². The lowest BCUT2D eigenvalue weighted by Crippen LogP contribution is -2.23. The Labute approximate surface area is 134 Å². The summed E-state index contributed by atoms with van der Waals surface area (Å²) in [5, 5.41) is 3.61. The fraction of sp³-hybridized carbons (Fsp3) is 0.667. The Morgan fingerprint density at radius 1 is 1.19 bits per heavy atom. The average molecular weight is 308 g/mol. The van der Waals surface area contributed by atoms with E-state index < -0.39 is 0 Å². The minimum Gasteiger partial charge on any atom is -0.494 e. The number of hydrogen-bond donors (Lipinski definition) is 1. The van der Waals surface area contributed by atoms with Crippen LogP contribution in [0.3, 0.4) is 0 Å². The molecule has 1 unspecified atom stereocenters. The summed E-state index contributed by atoms with van der Waals surface area (Å²) in [5.74, 6) is 4.43. The van der Waals surface area contributed by atoms with Crippen LogP contribution in [0.4, 0.5) is 0 Å². The molecule has 1 N–H and O–H groups in total. The van der Waals surface area contributed by atoms with Gasteiger partial charge in [0.2, 0.25) is 0 Å². The predicted molar refractivity (Wildman–Crippen MR) is 93.3 cm³/mol. The van der Waals surface area contributed by atoms with E-state index in [2.05, 4.69) is 48.3 Å². The third-order valence-corrected chi connectivity index (χ3v) is 5.43. The minimum absolute atomic E-state index is 0.456. The molecule has 2 rings (SSSR count). The molecular formula is C18H29NOS. The van der Waals surface area contributed by atoms with Crippen LogP contribution in [0.15, 0.2) is 24.3 Å². The van der Waals surface area contributed by atoms with Crippen molar-refractivity contribution in [1.29, 1.82) is 0 Å². The highest BCUT2D eigenvalue weighted by Gasteiger charge is 2.16. The maximum absolute atomic E-state index is 5.52. The van der Waals surface area contributed by atoms with Crippen molar-refractivity contribution < 1.29 is 4.74 Å². The maximum Gasteiger partial charge on any atom is 0.119 e.